The molecule has 0 aliphatic heterocycles. The number of nitrogens with zero attached hydrogens (tertiary/aromatic N) is 3. The molecule has 3 aromatic rings. The van der Waals surface area contributed by atoms with Gasteiger partial charge in [-0.2, -0.15) is 44.6 Å². The number of aromatic nitrogens is 4. The highest BCUT2D eigenvalue weighted by Crippen LogP contribution is 2.40. The van der Waals surface area contributed by atoms with Crippen LogP contribution in [0.25, 0.3) is 22.6 Å². The molecule has 2 heterocycles. The Bertz CT molecular complexity index is 1030. The van der Waals surface area contributed by atoms with Crippen molar-refractivity contribution in [1.29, 1.82) is 0 Å². The van der Waals surface area contributed by atoms with Gasteiger partial charge >= 0.3 is 18.5 Å². The first-order chi connectivity index (χ1) is 13.3. The zero-order valence-corrected chi connectivity index (χ0v) is 13.7. The summed E-state index contributed by atoms with van der Waals surface area (Å²) in [4.78, 5) is 7.41. The Labute approximate surface area is 155 Å². The largest absolute Gasteiger partial charge is 0.435 e. The molecule has 0 bridgehead atoms. The van der Waals surface area contributed by atoms with Crippen LogP contribution in [0.2, 0.25) is 0 Å². The summed E-state index contributed by atoms with van der Waals surface area (Å²) in [5.74, 6) is 0. The molecule has 0 saturated heterocycles. The van der Waals surface area contributed by atoms with E-state index in [4.69, 9.17) is 0 Å². The number of benzene rings is 1. The van der Waals surface area contributed by atoms with Gasteiger partial charge in [0.05, 0.1) is 34.9 Å². The Balaban J connectivity index is 2.10. The van der Waals surface area contributed by atoms with E-state index in [0.717, 1.165) is 12.4 Å². The zero-order valence-electron chi connectivity index (χ0n) is 13.7. The molecule has 2 aromatic heterocycles. The van der Waals surface area contributed by atoms with Crippen LogP contribution in [-0.4, -0.2) is 20.2 Å². The fourth-order valence-corrected chi connectivity index (χ4v) is 2.40. The number of H-pyrrole nitrogens is 1. The monoisotopic (exact) mass is 426 g/mol. The van der Waals surface area contributed by atoms with Gasteiger partial charge in [0.15, 0.2) is 5.69 Å². The lowest BCUT2D eigenvalue weighted by Gasteiger charge is -2.15. The first-order valence-corrected chi connectivity index (χ1v) is 7.50. The lowest BCUT2D eigenvalue weighted by molar-refractivity contribution is -0.143. The SMILES string of the molecule is FC(F)(F)c1ccc(-c2cncc(-c3cc(C(F)(F)F)n[nH]3)n2)c(C(F)(F)F)c1. The summed E-state index contributed by atoms with van der Waals surface area (Å²) in [7, 11) is 0. The van der Waals surface area contributed by atoms with Gasteiger partial charge in [-0.25, -0.2) is 4.98 Å². The van der Waals surface area contributed by atoms with Gasteiger partial charge in [0.2, 0.25) is 0 Å². The molecule has 13 heteroatoms. The minimum atomic E-state index is -5.15. The molecule has 1 aromatic carbocycles. The van der Waals surface area contributed by atoms with Gasteiger partial charge in [-0.3, -0.25) is 10.1 Å². The lowest BCUT2D eigenvalue weighted by atomic mass is 10.0. The number of halogens is 9. The molecule has 0 fully saturated rings. The van der Waals surface area contributed by atoms with Gasteiger partial charge in [-0.05, 0) is 18.2 Å². The summed E-state index contributed by atoms with van der Waals surface area (Å²) in [5.41, 5.74) is -6.17. The van der Waals surface area contributed by atoms with Gasteiger partial charge in [-0.1, -0.05) is 6.07 Å². The molecule has 0 amide bonds. The molecule has 0 saturated carbocycles. The second kappa shape index (κ2) is 6.74. The number of aromatic amines is 1. The molecule has 3 rings (SSSR count). The van der Waals surface area contributed by atoms with Gasteiger partial charge < -0.3 is 0 Å². The fourth-order valence-electron chi connectivity index (χ4n) is 2.40. The molecular formula is C16H7F9N4. The third kappa shape index (κ3) is 4.32. The summed E-state index contributed by atoms with van der Waals surface area (Å²) in [5, 5.41) is 5.08. The molecule has 29 heavy (non-hydrogen) atoms. The second-order valence-corrected chi connectivity index (χ2v) is 5.71. The Morgan fingerprint density at radius 2 is 1.38 bits per heavy atom. The molecule has 1 N–H and O–H groups in total. The molecule has 4 nitrogen and oxygen atoms in total. The summed E-state index contributed by atoms with van der Waals surface area (Å²) >= 11 is 0. The normalized spacial score (nSPS) is 13.0. The Hall–Kier alpha value is -3.12. The first-order valence-electron chi connectivity index (χ1n) is 7.50. The Morgan fingerprint density at radius 1 is 0.724 bits per heavy atom. The quantitative estimate of drug-likeness (QED) is 0.544. The Kier molecular flexibility index (Phi) is 4.79. The second-order valence-electron chi connectivity index (χ2n) is 5.71. The van der Waals surface area contributed by atoms with E-state index >= 15 is 0 Å². The maximum absolute atomic E-state index is 13.3. The van der Waals surface area contributed by atoms with Crippen LogP contribution in [0.1, 0.15) is 16.8 Å². The van der Waals surface area contributed by atoms with E-state index in [1.54, 1.807) is 0 Å². The molecule has 154 valence electrons. The van der Waals surface area contributed by atoms with Crippen LogP contribution in [0.3, 0.4) is 0 Å². The van der Waals surface area contributed by atoms with Crippen LogP contribution in [0.5, 0.6) is 0 Å². The van der Waals surface area contributed by atoms with Crippen LogP contribution in [0.4, 0.5) is 39.5 Å². The van der Waals surface area contributed by atoms with Crippen molar-refractivity contribution in [3.63, 3.8) is 0 Å². The minimum absolute atomic E-state index is 0.0678. The molecule has 0 aliphatic rings. The summed E-state index contributed by atoms with van der Waals surface area (Å²) in [6.45, 7) is 0. The molecule has 0 atom stereocenters. The predicted octanol–water partition coefficient (Wildman–Crippen LogP) is 5.59. The minimum Gasteiger partial charge on any atom is -0.276 e. The van der Waals surface area contributed by atoms with Crippen LogP contribution in [0.15, 0.2) is 36.7 Å². The van der Waals surface area contributed by atoms with Crippen LogP contribution in [-0.2, 0) is 18.5 Å². The van der Waals surface area contributed by atoms with Crippen molar-refractivity contribution in [3.05, 3.63) is 53.5 Å². The van der Waals surface area contributed by atoms with E-state index in [-0.39, 0.29) is 17.5 Å². The van der Waals surface area contributed by atoms with Crippen molar-refractivity contribution in [1.82, 2.24) is 20.2 Å². The maximum atomic E-state index is 13.3. The number of nitrogens with one attached hydrogen (secondary N) is 1. The topological polar surface area (TPSA) is 54.5 Å². The summed E-state index contributed by atoms with van der Waals surface area (Å²) < 4.78 is 116. The van der Waals surface area contributed by atoms with E-state index in [2.05, 4.69) is 15.1 Å². The standard InChI is InChI=1S/C16H7F9N4/c17-14(18,19)7-1-2-8(9(3-7)15(20,21)22)11-5-26-6-12(27-11)10-4-13(29-28-10)16(23,24)25/h1-6H,(H,28,29). The number of hydrogen-bond donors (Lipinski definition) is 1. The first kappa shape index (κ1) is 20.6. The Morgan fingerprint density at radius 3 is 1.93 bits per heavy atom. The van der Waals surface area contributed by atoms with Crippen LogP contribution < -0.4 is 0 Å². The van der Waals surface area contributed by atoms with Gasteiger partial charge in [0, 0.05) is 5.56 Å². The fraction of sp³-hybridized carbons (Fsp3) is 0.188. The maximum Gasteiger partial charge on any atom is 0.435 e. The number of alkyl halides is 9. The van der Waals surface area contributed by atoms with E-state index in [1.165, 1.54) is 0 Å². The van der Waals surface area contributed by atoms with E-state index in [0.29, 0.717) is 18.2 Å². The van der Waals surface area contributed by atoms with Crippen molar-refractivity contribution in [2.75, 3.05) is 0 Å². The van der Waals surface area contributed by atoms with Crippen molar-refractivity contribution < 1.29 is 39.5 Å². The van der Waals surface area contributed by atoms with E-state index < -0.39 is 46.6 Å². The van der Waals surface area contributed by atoms with Gasteiger partial charge in [-0.15, -0.1) is 0 Å². The molecular weight excluding hydrogens is 419 g/mol. The average Bonchev–Trinajstić information content (AvgIpc) is 3.10. The molecule has 0 radical (unpaired) electrons. The number of hydrogen-bond acceptors (Lipinski definition) is 3. The molecule has 0 unspecified atom stereocenters. The van der Waals surface area contributed by atoms with Crippen molar-refractivity contribution in [2.24, 2.45) is 0 Å². The highest BCUT2D eigenvalue weighted by Gasteiger charge is 2.39. The van der Waals surface area contributed by atoms with Crippen molar-refractivity contribution >= 4 is 0 Å². The van der Waals surface area contributed by atoms with Gasteiger partial charge in [0.25, 0.3) is 0 Å². The smallest absolute Gasteiger partial charge is 0.276 e. The molecule has 0 aliphatic carbocycles. The zero-order chi connectivity index (χ0) is 21.6. The van der Waals surface area contributed by atoms with E-state index in [9.17, 15) is 39.5 Å². The van der Waals surface area contributed by atoms with Gasteiger partial charge in [0.1, 0.15) is 5.69 Å². The highest BCUT2D eigenvalue weighted by atomic mass is 19.4. The van der Waals surface area contributed by atoms with Crippen LogP contribution >= 0.6 is 0 Å². The van der Waals surface area contributed by atoms with Crippen molar-refractivity contribution in [3.8, 4) is 22.6 Å². The molecule has 0 spiro atoms. The highest BCUT2D eigenvalue weighted by molar-refractivity contribution is 5.67. The summed E-state index contributed by atoms with van der Waals surface area (Å²) in [6, 6.07) is 1.53. The van der Waals surface area contributed by atoms with Crippen molar-refractivity contribution in [2.45, 2.75) is 18.5 Å². The lowest BCUT2D eigenvalue weighted by Crippen LogP contribution is -2.12. The van der Waals surface area contributed by atoms with Crippen LogP contribution in [0, 0.1) is 0 Å². The third-order valence-corrected chi connectivity index (χ3v) is 3.71. The number of rotatable bonds is 2. The summed E-state index contributed by atoms with van der Waals surface area (Å²) in [6.07, 6.45) is -13.1. The average molecular weight is 426 g/mol. The van der Waals surface area contributed by atoms with E-state index in [1.807, 2.05) is 5.10 Å². The third-order valence-electron chi connectivity index (χ3n) is 3.71. The predicted molar refractivity (Wildman–Crippen MR) is 80.1 cm³/mol.